The molecule has 2 N–H and O–H groups in total. The van der Waals surface area contributed by atoms with Crippen molar-refractivity contribution in [3.05, 3.63) is 71.8 Å². The number of aliphatic hydroxyl groups is 2. The molecule has 3 aliphatic rings. The fourth-order valence-corrected chi connectivity index (χ4v) is 9.11. The van der Waals surface area contributed by atoms with E-state index >= 15 is 0 Å². The molecular formula is C41H55NO8S. The first-order valence-electron chi connectivity index (χ1n) is 18.3. The molecule has 9 nitrogen and oxygen atoms in total. The lowest BCUT2D eigenvalue weighted by molar-refractivity contribution is -0.223. The quantitative estimate of drug-likeness (QED) is 0.0677. The minimum atomic E-state index is -0.998. The van der Waals surface area contributed by atoms with Crippen LogP contribution < -0.4 is 14.2 Å². The van der Waals surface area contributed by atoms with Gasteiger partial charge >= 0.3 is 0 Å². The Morgan fingerprint density at radius 3 is 2.45 bits per heavy atom. The van der Waals surface area contributed by atoms with Gasteiger partial charge in [0.25, 0.3) is 0 Å². The number of ether oxygens (including phenoxy) is 4. The van der Waals surface area contributed by atoms with E-state index in [-0.39, 0.29) is 42.1 Å². The molecule has 2 aromatic rings. The van der Waals surface area contributed by atoms with Crippen molar-refractivity contribution in [3.63, 3.8) is 0 Å². The van der Waals surface area contributed by atoms with Crippen LogP contribution >= 0.6 is 11.8 Å². The number of oxime groups is 1. The average Bonchev–Trinajstić information content (AvgIpc) is 3.11. The molecule has 0 bridgehead atoms. The van der Waals surface area contributed by atoms with Crippen LogP contribution in [0.2, 0.25) is 0 Å². The van der Waals surface area contributed by atoms with Crippen molar-refractivity contribution in [1.29, 1.82) is 0 Å². The van der Waals surface area contributed by atoms with Crippen LogP contribution in [0.1, 0.15) is 94.5 Å². The minimum Gasteiger partial charge on any atom is -0.496 e. The topological polar surface area (TPSA) is 116 Å². The molecule has 2 aliphatic carbocycles. The highest BCUT2D eigenvalue weighted by molar-refractivity contribution is 8.00. The Morgan fingerprint density at radius 1 is 1.06 bits per heavy atom. The van der Waals surface area contributed by atoms with Gasteiger partial charge in [-0.2, -0.15) is 11.8 Å². The minimum absolute atomic E-state index is 0.0403. The second-order valence-electron chi connectivity index (χ2n) is 14.5. The van der Waals surface area contributed by atoms with E-state index in [9.17, 15) is 15.0 Å². The molecule has 1 heterocycles. The predicted molar refractivity (Wildman–Crippen MR) is 202 cm³/mol. The smallest absolute Gasteiger partial charge is 0.230 e. The van der Waals surface area contributed by atoms with Crippen LogP contribution in [0.5, 0.6) is 23.0 Å². The third-order valence-electron chi connectivity index (χ3n) is 9.98. The van der Waals surface area contributed by atoms with E-state index in [1.54, 1.807) is 24.3 Å². The molecule has 0 saturated heterocycles. The molecule has 1 fully saturated rings. The molecule has 0 radical (unpaired) electrons. The number of benzene rings is 2. The number of carbonyl (C=O) groups is 1. The average molecular weight is 722 g/mol. The summed E-state index contributed by atoms with van der Waals surface area (Å²) in [6, 6.07) is 11.2. The number of fused-ring (bicyclic) bond motifs is 2. The van der Waals surface area contributed by atoms with Crippen LogP contribution in [-0.4, -0.2) is 71.5 Å². The van der Waals surface area contributed by atoms with Crippen molar-refractivity contribution in [2.24, 2.45) is 22.9 Å². The molecule has 1 aliphatic heterocycles. The summed E-state index contributed by atoms with van der Waals surface area (Å²) in [7, 11) is 1.53. The summed E-state index contributed by atoms with van der Waals surface area (Å²) in [5.41, 5.74) is 2.98. The number of aldehydes is 1. The lowest BCUT2D eigenvalue weighted by Gasteiger charge is -2.58. The lowest BCUT2D eigenvalue weighted by Crippen LogP contribution is -2.64. The summed E-state index contributed by atoms with van der Waals surface area (Å²) in [6.45, 7) is 12.8. The normalized spacial score (nSPS) is 26.0. The Kier molecular flexibility index (Phi) is 13.3. The zero-order valence-corrected chi connectivity index (χ0v) is 31.6. The SMILES string of the molecule is C=CCO[C@@]12Oc3ccc(Oc4ccc(OC)c(C=O)c4)cc3[C@H]3[C@H](CCCCO)[C@@H](CCCCO)C=C(C(=NOC(C)(C)C)C[C@@H]1SCC)[C@H]32. The van der Waals surface area contributed by atoms with Crippen molar-refractivity contribution in [3.8, 4) is 23.0 Å². The van der Waals surface area contributed by atoms with Gasteiger partial charge in [0.2, 0.25) is 5.79 Å². The molecule has 6 atom stereocenters. The number of allylic oxidation sites excluding steroid dienone is 1. The molecule has 10 heteroatoms. The fourth-order valence-electron chi connectivity index (χ4n) is 7.94. The number of hydrogen-bond donors (Lipinski definition) is 2. The summed E-state index contributed by atoms with van der Waals surface area (Å²) in [6.07, 6.45) is 10.6. The van der Waals surface area contributed by atoms with Gasteiger partial charge in [-0.15, -0.1) is 6.58 Å². The number of rotatable bonds is 18. The van der Waals surface area contributed by atoms with Crippen molar-refractivity contribution in [2.45, 2.75) is 95.2 Å². The zero-order chi connectivity index (χ0) is 36.6. The maximum atomic E-state index is 11.8. The van der Waals surface area contributed by atoms with E-state index in [1.165, 1.54) is 7.11 Å². The van der Waals surface area contributed by atoms with Crippen molar-refractivity contribution >= 4 is 23.8 Å². The lowest BCUT2D eigenvalue weighted by atomic mass is 9.56. The first kappa shape index (κ1) is 38.9. The predicted octanol–water partition coefficient (Wildman–Crippen LogP) is 8.49. The number of methoxy groups -OCH3 is 1. The number of carbonyl (C=O) groups excluding carboxylic acids is 1. The third kappa shape index (κ3) is 8.67. The van der Waals surface area contributed by atoms with Gasteiger partial charge in [0.05, 0.1) is 36.2 Å². The Balaban J connectivity index is 1.71. The van der Waals surface area contributed by atoms with Crippen molar-refractivity contribution in [2.75, 3.05) is 32.7 Å². The summed E-state index contributed by atoms with van der Waals surface area (Å²) >= 11 is 1.82. The van der Waals surface area contributed by atoms with Gasteiger partial charge in [0.1, 0.15) is 28.6 Å². The molecule has 5 rings (SSSR count). The Hall–Kier alpha value is -3.31. The van der Waals surface area contributed by atoms with Crippen molar-refractivity contribution in [1.82, 2.24) is 0 Å². The van der Waals surface area contributed by atoms with Crippen molar-refractivity contribution < 1.29 is 38.8 Å². The van der Waals surface area contributed by atoms with Crippen LogP contribution in [-0.2, 0) is 9.57 Å². The van der Waals surface area contributed by atoms with Crippen LogP contribution in [0, 0.1) is 17.8 Å². The first-order chi connectivity index (χ1) is 24.6. The number of aliphatic hydroxyl groups excluding tert-OH is 2. The number of unbranched alkanes of at least 4 members (excludes halogenated alkanes) is 2. The highest BCUT2D eigenvalue weighted by Gasteiger charge is 2.63. The number of hydrogen-bond acceptors (Lipinski definition) is 10. The van der Waals surface area contributed by atoms with Gasteiger partial charge in [0.15, 0.2) is 6.29 Å². The van der Waals surface area contributed by atoms with E-state index in [4.69, 9.17) is 28.9 Å². The standard InChI is InChI=1S/C41H55NO8S/c1-7-21-47-41-37(51-8-2)25-34(42-50-40(3,4)5)32-23-27(13-9-11-19-43)31(14-10-12-20-44)38(39(32)41)33-24-30(16-18-36(33)49-41)48-29-15-17-35(46-6)28(22-29)26-45/h7,15-18,22-24,26-27,31,37-39,43-44H,1,8-14,19-21,25H2,2-6H3/t27-,31+,37-,38+,39+,41+/m0/s1. The van der Waals surface area contributed by atoms with Crippen LogP contribution in [0.25, 0.3) is 0 Å². The second kappa shape index (κ2) is 17.5. The van der Waals surface area contributed by atoms with E-state index in [0.29, 0.717) is 35.8 Å². The van der Waals surface area contributed by atoms with Gasteiger partial charge < -0.3 is 34.0 Å². The number of nitrogens with zero attached hydrogens (tertiary/aromatic N) is 1. The third-order valence-corrected chi connectivity index (χ3v) is 11.2. The van der Waals surface area contributed by atoms with E-state index < -0.39 is 11.4 Å². The van der Waals surface area contributed by atoms with E-state index in [2.05, 4.69) is 25.6 Å². The monoisotopic (exact) mass is 721 g/mol. The molecule has 0 amide bonds. The highest BCUT2D eigenvalue weighted by Crippen LogP contribution is 2.62. The van der Waals surface area contributed by atoms with Crippen LogP contribution in [0.3, 0.4) is 0 Å². The van der Waals surface area contributed by atoms with Gasteiger partial charge in [-0.3, -0.25) is 4.79 Å². The Bertz CT molecular complexity index is 1570. The highest BCUT2D eigenvalue weighted by atomic mass is 32.2. The van der Waals surface area contributed by atoms with E-state index in [1.807, 2.05) is 44.7 Å². The summed E-state index contributed by atoms with van der Waals surface area (Å²) in [5, 5.41) is 24.3. The summed E-state index contributed by atoms with van der Waals surface area (Å²) in [5.74, 6) is 2.38. The van der Waals surface area contributed by atoms with Crippen LogP contribution in [0.4, 0.5) is 0 Å². The first-order valence-corrected chi connectivity index (χ1v) is 19.4. The number of thioether (sulfide) groups is 1. The Morgan fingerprint density at radius 2 is 1.78 bits per heavy atom. The van der Waals surface area contributed by atoms with Gasteiger partial charge in [-0.1, -0.05) is 37.1 Å². The van der Waals surface area contributed by atoms with Gasteiger partial charge in [-0.05, 0) is 106 Å². The Labute approximate surface area is 307 Å². The molecule has 0 unspecified atom stereocenters. The van der Waals surface area contributed by atoms with Gasteiger partial charge in [0, 0.05) is 31.1 Å². The fraction of sp³-hybridized carbons (Fsp3) is 0.561. The summed E-state index contributed by atoms with van der Waals surface area (Å²) in [4.78, 5) is 17.9. The maximum Gasteiger partial charge on any atom is 0.230 e. The molecule has 51 heavy (non-hydrogen) atoms. The molecule has 278 valence electrons. The van der Waals surface area contributed by atoms with Crippen LogP contribution in [0.15, 0.2) is 65.9 Å². The molecule has 0 spiro atoms. The second-order valence-corrected chi connectivity index (χ2v) is 16.0. The van der Waals surface area contributed by atoms with E-state index in [0.717, 1.165) is 73.2 Å². The van der Waals surface area contributed by atoms with Gasteiger partial charge in [-0.25, -0.2) is 0 Å². The maximum absolute atomic E-state index is 11.8. The molecule has 2 aromatic carbocycles. The summed E-state index contributed by atoms with van der Waals surface area (Å²) < 4.78 is 25.8. The molecule has 0 aromatic heterocycles. The molecule has 1 saturated carbocycles. The molecular weight excluding hydrogens is 667 g/mol. The zero-order valence-electron chi connectivity index (χ0n) is 30.8. The largest absolute Gasteiger partial charge is 0.496 e.